The Kier molecular flexibility index (Phi) is 3.89. The van der Waals surface area contributed by atoms with Crippen molar-refractivity contribution in [2.45, 2.75) is 6.36 Å². The number of hydrogen-bond acceptors (Lipinski definition) is 3. The van der Waals surface area contributed by atoms with Gasteiger partial charge in [0.25, 0.3) is 0 Å². The first-order valence-corrected chi connectivity index (χ1v) is 6.18. The van der Waals surface area contributed by atoms with Crippen molar-refractivity contribution in [3.63, 3.8) is 0 Å². The van der Waals surface area contributed by atoms with Crippen LogP contribution in [0.25, 0.3) is 0 Å². The van der Waals surface area contributed by atoms with Gasteiger partial charge >= 0.3 is 6.36 Å². The van der Waals surface area contributed by atoms with E-state index < -0.39 is 23.9 Å². The summed E-state index contributed by atoms with van der Waals surface area (Å²) in [4.78, 5) is 23.9. The van der Waals surface area contributed by atoms with Gasteiger partial charge in [-0.15, -0.1) is 13.2 Å². The van der Waals surface area contributed by atoms with E-state index in [1.54, 1.807) is 0 Å². The lowest BCUT2D eigenvalue weighted by molar-refractivity contribution is -0.274. The largest absolute Gasteiger partial charge is 0.573 e. The van der Waals surface area contributed by atoms with Crippen molar-refractivity contribution >= 4 is 33.4 Å². The van der Waals surface area contributed by atoms with Crippen LogP contribution in [0.15, 0.2) is 22.7 Å². The van der Waals surface area contributed by atoms with E-state index in [9.17, 15) is 22.8 Å². The summed E-state index contributed by atoms with van der Waals surface area (Å²) in [5.74, 6) is -1.51. The number of ether oxygens (including phenoxy) is 1. The van der Waals surface area contributed by atoms with Crippen LogP contribution in [-0.4, -0.2) is 31.3 Å². The lowest BCUT2D eigenvalue weighted by atomic mass is 10.2. The number of nitrogens with zero attached hydrogens (tertiary/aromatic N) is 1. The fourth-order valence-corrected chi connectivity index (χ4v) is 2.03. The van der Waals surface area contributed by atoms with Gasteiger partial charge in [-0.2, -0.15) is 0 Å². The number of rotatable bonds is 2. The maximum absolute atomic E-state index is 12.4. The molecule has 0 aromatic heterocycles. The molecule has 0 saturated carbocycles. The minimum Gasteiger partial charge on any atom is -0.404 e. The van der Waals surface area contributed by atoms with Crippen molar-refractivity contribution < 1.29 is 27.5 Å². The molecule has 1 N–H and O–H groups in total. The fourth-order valence-electron chi connectivity index (χ4n) is 1.69. The summed E-state index contributed by atoms with van der Waals surface area (Å²) in [6, 6.07) is 3.82. The van der Waals surface area contributed by atoms with Gasteiger partial charge in [0.15, 0.2) is 5.75 Å². The Labute approximate surface area is 119 Å². The molecule has 1 aromatic rings. The van der Waals surface area contributed by atoms with Crippen molar-refractivity contribution in [1.82, 2.24) is 5.32 Å². The highest BCUT2D eigenvalue weighted by Gasteiger charge is 2.34. The summed E-state index contributed by atoms with van der Waals surface area (Å²) in [7, 11) is 0. The normalized spacial score (nSPS) is 16.1. The third-order valence-corrected chi connectivity index (χ3v) is 2.97. The standard InChI is InChI=1S/C11H8BrF3N2O3/c12-6-1-2-7(8(3-6)20-11(13,14)15)17-5-9(18)16-4-10(17)19/h1-3H,4-5H2,(H,16,18). The quantitative estimate of drug-likeness (QED) is 0.883. The second-order valence-electron chi connectivity index (χ2n) is 3.92. The van der Waals surface area contributed by atoms with E-state index in [0.29, 0.717) is 4.47 Å². The maximum Gasteiger partial charge on any atom is 0.573 e. The number of anilines is 1. The maximum atomic E-state index is 12.4. The predicted octanol–water partition coefficient (Wildman–Crippen LogP) is 1.81. The van der Waals surface area contributed by atoms with E-state index in [4.69, 9.17) is 0 Å². The van der Waals surface area contributed by atoms with Gasteiger partial charge in [-0.05, 0) is 18.2 Å². The first kappa shape index (κ1) is 14.6. The second kappa shape index (κ2) is 5.31. The number of carbonyl (C=O) groups excluding carboxylic acids is 2. The highest BCUT2D eigenvalue weighted by atomic mass is 79.9. The van der Waals surface area contributed by atoms with Gasteiger partial charge in [-0.25, -0.2) is 0 Å². The van der Waals surface area contributed by atoms with Gasteiger partial charge < -0.3 is 10.1 Å². The van der Waals surface area contributed by atoms with Gasteiger partial charge in [0, 0.05) is 4.47 Å². The summed E-state index contributed by atoms with van der Waals surface area (Å²) >= 11 is 3.02. The van der Waals surface area contributed by atoms with Crippen LogP contribution in [0.4, 0.5) is 18.9 Å². The van der Waals surface area contributed by atoms with Crippen LogP contribution in [0.5, 0.6) is 5.75 Å². The number of amides is 2. The third kappa shape index (κ3) is 3.41. The minimum absolute atomic E-state index is 0.106. The minimum atomic E-state index is -4.89. The molecular weight excluding hydrogens is 345 g/mol. The summed E-state index contributed by atoms with van der Waals surface area (Å²) in [6.07, 6.45) is -4.89. The number of halogens is 4. The van der Waals surface area contributed by atoms with Crippen molar-refractivity contribution in [1.29, 1.82) is 0 Å². The number of piperazine rings is 1. The van der Waals surface area contributed by atoms with Crippen molar-refractivity contribution in [3.05, 3.63) is 22.7 Å². The predicted molar refractivity (Wildman–Crippen MR) is 66.2 cm³/mol. The van der Waals surface area contributed by atoms with Gasteiger partial charge in [0.1, 0.15) is 6.54 Å². The summed E-state index contributed by atoms with van der Waals surface area (Å²) in [6.45, 7) is -0.616. The second-order valence-corrected chi connectivity index (χ2v) is 4.83. The molecule has 0 bridgehead atoms. The van der Waals surface area contributed by atoms with Crippen molar-refractivity contribution in [2.75, 3.05) is 18.0 Å². The van der Waals surface area contributed by atoms with Crippen LogP contribution in [0.2, 0.25) is 0 Å². The highest BCUT2D eigenvalue weighted by molar-refractivity contribution is 9.10. The lowest BCUT2D eigenvalue weighted by Gasteiger charge is -2.28. The van der Waals surface area contributed by atoms with Crippen molar-refractivity contribution in [3.8, 4) is 5.75 Å². The summed E-state index contributed by atoms with van der Waals surface area (Å²) in [5.41, 5.74) is -0.106. The van der Waals surface area contributed by atoms with Crippen LogP contribution >= 0.6 is 15.9 Å². The molecule has 0 aliphatic carbocycles. The zero-order valence-electron chi connectivity index (χ0n) is 9.83. The number of nitrogens with one attached hydrogen (secondary N) is 1. The summed E-state index contributed by atoms with van der Waals surface area (Å²) in [5, 5.41) is 2.31. The van der Waals surface area contributed by atoms with Crippen LogP contribution in [0, 0.1) is 0 Å². The van der Waals surface area contributed by atoms with Gasteiger partial charge in [-0.1, -0.05) is 15.9 Å². The molecule has 1 saturated heterocycles. The summed E-state index contributed by atoms with van der Waals surface area (Å²) < 4.78 is 41.4. The number of alkyl halides is 3. The molecule has 0 atom stereocenters. The average molecular weight is 353 g/mol. The van der Waals surface area contributed by atoms with Crippen LogP contribution in [-0.2, 0) is 9.59 Å². The molecule has 1 aliphatic rings. The smallest absolute Gasteiger partial charge is 0.404 e. The molecule has 20 heavy (non-hydrogen) atoms. The Morgan fingerprint density at radius 3 is 2.65 bits per heavy atom. The van der Waals surface area contributed by atoms with Gasteiger partial charge in [-0.3, -0.25) is 14.5 Å². The van der Waals surface area contributed by atoms with E-state index in [1.807, 2.05) is 0 Å². The molecule has 9 heteroatoms. The topological polar surface area (TPSA) is 58.6 Å². The highest BCUT2D eigenvalue weighted by Crippen LogP contribution is 2.35. The first-order valence-electron chi connectivity index (χ1n) is 5.38. The van der Waals surface area contributed by atoms with Crippen molar-refractivity contribution in [2.24, 2.45) is 0 Å². The molecule has 1 aromatic carbocycles. The molecule has 1 heterocycles. The SMILES string of the molecule is O=C1CN(c2ccc(Br)cc2OC(F)(F)F)C(=O)CN1. The average Bonchev–Trinajstić information content (AvgIpc) is 2.31. The molecule has 2 amide bonds. The number of carbonyl (C=O) groups is 2. The van der Waals surface area contributed by atoms with E-state index in [2.05, 4.69) is 26.0 Å². The molecule has 0 spiro atoms. The molecule has 108 valence electrons. The molecule has 1 aliphatic heterocycles. The Balaban J connectivity index is 2.39. The zero-order chi connectivity index (χ0) is 14.9. The number of hydrogen-bond donors (Lipinski definition) is 1. The lowest BCUT2D eigenvalue weighted by Crippen LogP contribution is -2.51. The van der Waals surface area contributed by atoms with Gasteiger partial charge in [0.05, 0.1) is 12.2 Å². The van der Waals surface area contributed by atoms with E-state index in [-0.39, 0.29) is 18.8 Å². The number of benzene rings is 1. The molecule has 0 unspecified atom stereocenters. The van der Waals surface area contributed by atoms with Gasteiger partial charge in [0.2, 0.25) is 11.8 Å². The molecule has 5 nitrogen and oxygen atoms in total. The molecular formula is C11H8BrF3N2O3. The third-order valence-electron chi connectivity index (χ3n) is 2.48. The molecule has 0 radical (unpaired) electrons. The van der Waals surface area contributed by atoms with E-state index in [0.717, 1.165) is 11.0 Å². The van der Waals surface area contributed by atoms with Crippen LogP contribution in [0.3, 0.4) is 0 Å². The fraction of sp³-hybridized carbons (Fsp3) is 0.273. The molecule has 1 fully saturated rings. The zero-order valence-corrected chi connectivity index (χ0v) is 11.4. The van der Waals surface area contributed by atoms with E-state index in [1.165, 1.54) is 12.1 Å². The Morgan fingerprint density at radius 2 is 2.00 bits per heavy atom. The Morgan fingerprint density at radius 1 is 1.30 bits per heavy atom. The first-order chi connectivity index (χ1) is 9.26. The Bertz CT molecular complexity index is 562. The van der Waals surface area contributed by atoms with Crippen LogP contribution in [0.1, 0.15) is 0 Å². The van der Waals surface area contributed by atoms with Crippen LogP contribution < -0.4 is 15.0 Å². The van der Waals surface area contributed by atoms with E-state index >= 15 is 0 Å². The monoisotopic (exact) mass is 352 g/mol. The Hall–Kier alpha value is -1.77. The molecule has 2 rings (SSSR count).